The third-order valence-corrected chi connectivity index (χ3v) is 5.98. The average Bonchev–Trinajstić information content (AvgIpc) is 2.25. The first-order valence-electron chi connectivity index (χ1n) is 6.23. The Labute approximate surface area is 104 Å². The van der Waals surface area contributed by atoms with Crippen LogP contribution in [-0.2, 0) is 14.6 Å². The van der Waals surface area contributed by atoms with E-state index in [1.54, 1.807) is 7.11 Å². The fourth-order valence-corrected chi connectivity index (χ4v) is 4.24. The van der Waals surface area contributed by atoms with Gasteiger partial charge in [0.2, 0.25) is 0 Å². The average molecular weight is 264 g/mol. The summed E-state index contributed by atoms with van der Waals surface area (Å²) in [5.74, 6) is 0.225. The van der Waals surface area contributed by atoms with Gasteiger partial charge in [-0.3, -0.25) is 0 Å². The van der Waals surface area contributed by atoms with Crippen molar-refractivity contribution in [2.45, 2.75) is 62.9 Å². The van der Waals surface area contributed by atoms with Crippen LogP contribution in [0.3, 0.4) is 0 Å². The van der Waals surface area contributed by atoms with E-state index in [2.05, 4.69) is 0 Å². The number of sulfone groups is 1. The van der Waals surface area contributed by atoms with Crippen molar-refractivity contribution in [2.75, 3.05) is 12.9 Å². The molecule has 1 saturated heterocycles. The molecule has 2 atom stereocenters. The van der Waals surface area contributed by atoms with Crippen molar-refractivity contribution in [2.24, 2.45) is 0 Å². The van der Waals surface area contributed by atoms with Gasteiger partial charge in [-0.1, -0.05) is 6.42 Å². The molecule has 1 aliphatic heterocycles. The third kappa shape index (κ3) is 4.23. The lowest BCUT2D eigenvalue weighted by Gasteiger charge is -2.29. The monoisotopic (exact) mass is 264 g/mol. The molecule has 1 rings (SSSR count). The van der Waals surface area contributed by atoms with Crippen LogP contribution in [0.2, 0.25) is 0 Å². The van der Waals surface area contributed by atoms with Gasteiger partial charge in [0, 0.05) is 7.11 Å². The Morgan fingerprint density at radius 1 is 1.41 bits per heavy atom. The fraction of sp³-hybridized carbons (Fsp3) is 1.00. The predicted octanol–water partition coefficient (Wildman–Crippen LogP) is 1.52. The van der Waals surface area contributed by atoms with Crippen LogP contribution in [0.1, 0.15) is 46.0 Å². The second kappa shape index (κ2) is 5.67. The number of aliphatic hydroxyl groups excluding tert-OH is 1. The van der Waals surface area contributed by atoms with E-state index in [4.69, 9.17) is 4.74 Å². The molecule has 1 aliphatic rings. The van der Waals surface area contributed by atoms with E-state index in [-0.39, 0.29) is 11.4 Å². The number of ether oxygens (including phenoxy) is 1. The maximum Gasteiger partial charge on any atom is 0.155 e. The molecule has 0 aromatic carbocycles. The molecule has 0 aromatic rings. The summed E-state index contributed by atoms with van der Waals surface area (Å²) in [5.41, 5.74) is -0.306. The zero-order chi connectivity index (χ0) is 13.1. The lowest BCUT2D eigenvalue weighted by atomic mass is 9.97. The highest BCUT2D eigenvalue weighted by Crippen LogP contribution is 2.26. The van der Waals surface area contributed by atoms with Gasteiger partial charge in [0.15, 0.2) is 9.84 Å². The van der Waals surface area contributed by atoms with Crippen LogP contribution < -0.4 is 0 Å². The van der Waals surface area contributed by atoms with Crippen molar-refractivity contribution in [1.29, 1.82) is 0 Å². The summed E-state index contributed by atoms with van der Waals surface area (Å²) in [4.78, 5) is 0. The SMILES string of the molecule is COC(C)(C)CCC(O)C1CCCCS1(=O)=O. The van der Waals surface area contributed by atoms with Gasteiger partial charge in [-0.25, -0.2) is 8.42 Å². The van der Waals surface area contributed by atoms with Crippen molar-refractivity contribution in [3.8, 4) is 0 Å². The van der Waals surface area contributed by atoms with Crippen molar-refractivity contribution in [3.63, 3.8) is 0 Å². The zero-order valence-corrected chi connectivity index (χ0v) is 11.8. The highest BCUT2D eigenvalue weighted by atomic mass is 32.2. The molecule has 0 aliphatic carbocycles. The fourth-order valence-electron chi connectivity index (χ4n) is 2.19. The number of hydrogen-bond acceptors (Lipinski definition) is 4. The first-order chi connectivity index (χ1) is 7.78. The van der Waals surface area contributed by atoms with Crippen molar-refractivity contribution in [3.05, 3.63) is 0 Å². The number of rotatable bonds is 5. The molecular formula is C12H24O4S. The molecule has 102 valence electrons. The van der Waals surface area contributed by atoms with Gasteiger partial charge in [0.1, 0.15) is 0 Å². The lowest BCUT2D eigenvalue weighted by molar-refractivity contribution is 0.00230. The van der Waals surface area contributed by atoms with Crippen LogP contribution in [0.15, 0.2) is 0 Å². The Balaban J connectivity index is 2.55. The summed E-state index contributed by atoms with van der Waals surface area (Å²) in [6.45, 7) is 3.88. The number of hydrogen-bond donors (Lipinski definition) is 1. The zero-order valence-electron chi connectivity index (χ0n) is 11.0. The minimum absolute atomic E-state index is 0.225. The molecule has 0 radical (unpaired) electrons. The van der Waals surface area contributed by atoms with Gasteiger partial charge >= 0.3 is 0 Å². The highest BCUT2D eigenvalue weighted by Gasteiger charge is 2.35. The topological polar surface area (TPSA) is 63.6 Å². The van der Waals surface area contributed by atoms with Crippen LogP contribution >= 0.6 is 0 Å². The van der Waals surface area contributed by atoms with Crippen molar-refractivity contribution in [1.82, 2.24) is 0 Å². The first-order valence-corrected chi connectivity index (χ1v) is 7.95. The summed E-state index contributed by atoms with van der Waals surface area (Å²) in [5, 5.41) is 9.47. The van der Waals surface area contributed by atoms with Gasteiger partial charge in [-0.05, 0) is 39.5 Å². The van der Waals surface area contributed by atoms with E-state index in [1.165, 1.54) is 0 Å². The van der Waals surface area contributed by atoms with Gasteiger partial charge in [0.05, 0.1) is 22.7 Å². The molecule has 5 heteroatoms. The van der Waals surface area contributed by atoms with E-state index >= 15 is 0 Å². The summed E-state index contributed by atoms with van der Waals surface area (Å²) in [7, 11) is -1.46. The van der Waals surface area contributed by atoms with E-state index in [9.17, 15) is 13.5 Å². The molecule has 0 spiro atoms. The van der Waals surface area contributed by atoms with Crippen LogP contribution in [-0.4, -0.2) is 43.3 Å². The van der Waals surface area contributed by atoms with Crippen molar-refractivity contribution < 1.29 is 18.3 Å². The van der Waals surface area contributed by atoms with Gasteiger partial charge in [-0.2, -0.15) is 0 Å². The molecule has 0 saturated carbocycles. The van der Waals surface area contributed by atoms with Crippen molar-refractivity contribution >= 4 is 9.84 Å². The Hall–Kier alpha value is -0.130. The second-order valence-electron chi connectivity index (χ2n) is 5.47. The molecule has 17 heavy (non-hydrogen) atoms. The van der Waals surface area contributed by atoms with Crippen LogP contribution in [0.25, 0.3) is 0 Å². The minimum atomic E-state index is -3.09. The summed E-state index contributed by atoms with van der Waals surface area (Å²) >= 11 is 0. The standard InChI is InChI=1S/C12H24O4S/c1-12(2,16-3)8-7-10(13)11-6-4-5-9-17(11,14)15/h10-11,13H,4-9H2,1-3H3. The third-order valence-electron chi connectivity index (χ3n) is 3.65. The number of methoxy groups -OCH3 is 1. The summed E-state index contributed by atoms with van der Waals surface area (Å²) in [6, 6.07) is 0. The molecule has 0 aromatic heterocycles. The Bertz CT molecular complexity index is 334. The largest absolute Gasteiger partial charge is 0.392 e. The summed E-state index contributed by atoms with van der Waals surface area (Å²) < 4.78 is 28.9. The normalized spacial score (nSPS) is 26.7. The maximum atomic E-state index is 11.8. The van der Waals surface area contributed by atoms with E-state index in [0.29, 0.717) is 19.3 Å². The maximum absolute atomic E-state index is 11.8. The minimum Gasteiger partial charge on any atom is -0.392 e. The Morgan fingerprint density at radius 2 is 2.06 bits per heavy atom. The number of aliphatic hydroxyl groups is 1. The van der Waals surface area contributed by atoms with Gasteiger partial charge in [-0.15, -0.1) is 0 Å². The highest BCUT2D eigenvalue weighted by molar-refractivity contribution is 7.92. The lowest BCUT2D eigenvalue weighted by Crippen LogP contribution is -2.39. The molecule has 0 bridgehead atoms. The van der Waals surface area contributed by atoms with Crippen LogP contribution in [0.5, 0.6) is 0 Å². The van der Waals surface area contributed by atoms with Gasteiger partial charge < -0.3 is 9.84 Å². The molecule has 1 heterocycles. The summed E-state index contributed by atoms with van der Waals surface area (Å²) in [6.07, 6.45) is 2.61. The first kappa shape index (κ1) is 14.9. The molecule has 0 amide bonds. The smallest absolute Gasteiger partial charge is 0.155 e. The Kier molecular flexibility index (Phi) is 4.98. The van der Waals surface area contributed by atoms with Crippen LogP contribution in [0.4, 0.5) is 0 Å². The molecular weight excluding hydrogens is 240 g/mol. The molecule has 1 N–H and O–H groups in total. The van der Waals surface area contributed by atoms with Gasteiger partial charge in [0.25, 0.3) is 0 Å². The van der Waals surface area contributed by atoms with E-state index in [1.807, 2.05) is 13.8 Å². The molecule has 4 nitrogen and oxygen atoms in total. The van der Waals surface area contributed by atoms with Crippen LogP contribution in [0, 0.1) is 0 Å². The second-order valence-corrected chi connectivity index (χ2v) is 7.81. The predicted molar refractivity (Wildman–Crippen MR) is 67.8 cm³/mol. The van der Waals surface area contributed by atoms with E-state index in [0.717, 1.165) is 12.8 Å². The van der Waals surface area contributed by atoms with E-state index < -0.39 is 21.2 Å². The Morgan fingerprint density at radius 3 is 2.59 bits per heavy atom. The quantitative estimate of drug-likeness (QED) is 0.817. The molecule has 2 unspecified atom stereocenters. The molecule has 1 fully saturated rings.